The minimum Gasteiger partial charge on any atom is -0.300 e. The number of ketones is 2. The van der Waals surface area contributed by atoms with Crippen LogP contribution in [0, 0.1) is 0 Å². The molecule has 1 unspecified atom stereocenters. The summed E-state index contributed by atoms with van der Waals surface area (Å²) in [6.07, 6.45) is 1.50. The van der Waals surface area contributed by atoms with Crippen LogP contribution in [0.4, 0.5) is 0 Å². The lowest BCUT2D eigenvalue weighted by molar-refractivity contribution is -0.118. The van der Waals surface area contributed by atoms with E-state index < -0.39 is 0 Å². The zero-order valence-electron chi connectivity index (χ0n) is 12.6. The summed E-state index contributed by atoms with van der Waals surface area (Å²) in [4.78, 5) is 24.3. The van der Waals surface area contributed by atoms with Crippen LogP contribution in [0.1, 0.15) is 43.2 Å². The van der Waals surface area contributed by atoms with Gasteiger partial charge in [0.25, 0.3) is 0 Å². The monoisotopic (exact) mass is 290 g/mol. The van der Waals surface area contributed by atoms with Gasteiger partial charge in [0.1, 0.15) is 11.6 Å². The molecule has 4 rings (SSSR count). The van der Waals surface area contributed by atoms with Gasteiger partial charge < -0.3 is 0 Å². The Labute approximate surface area is 130 Å². The van der Waals surface area contributed by atoms with E-state index in [9.17, 15) is 9.59 Å². The Morgan fingerprint density at radius 1 is 1.09 bits per heavy atom. The third-order valence-corrected chi connectivity index (χ3v) is 5.27. The number of Topliss-reactive ketones (excluding diaryl/α,β-unsaturated/α-hetero) is 2. The van der Waals surface area contributed by atoms with Gasteiger partial charge >= 0.3 is 0 Å². The standard InChI is InChI=1S/C20H18O2/c1-13(21)11-20-12-14(22)10-19(20)17-8-3-2-6-15(17)16-7-4-5-9-18(16)20/h2-9,19H,10-12H2,1H3/t19?,20-/m1/s1. The van der Waals surface area contributed by atoms with E-state index in [2.05, 4.69) is 24.3 Å². The minimum atomic E-state index is -0.339. The second-order valence-corrected chi connectivity index (χ2v) is 6.64. The summed E-state index contributed by atoms with van der Waals surface area (Å²) in [6, 6.07) is 16.6. The highest BCUT2D eigenvalue weighted by Gasteiger charge is 2.52. The minimum absolute atomic E-state index is 0.134. The number of benzene rings is 2. The summed E-state index contributed by atoms with van der Waals surface area (Å²) in [5.74, 6) is 0.571. The molecule has 110 valence electrons. The van der Waals surface area contributed by atoms with Crippen molar-refractivity contribution in [1.82, 2.24) is 0 Å². The lowest BCUT2D eigenvalue weighted by Crippen LogP contribution is -2.35. The fourth-order valence-corrected chi connectivity index (χ4v) is 4.58. The van der Waals surface area contributed by atoms with Crippen molar-refractivity contribution in [2.75, 3.05) is 0 Å². The third-order valence-electron chi connectivity index (χ3n) is 5.27. The molecule has 1 fully saturated rings. The van der Waals surface area contributed by atoms with Crippen LogP contribution >= 0.6 is 0 Å². The van der Waals surface area contributed by atoms with Crippen LogP contribution in [0.15, 0.2) is 48.5 Å². The van der Waals surface area contributed by atoms with E-state index in [1.807, 2.05) is 24.3 Å². The first-order chi connectivity index (χ1) is 10.6. The largest absolute Gasteiger partial charge is 0.300 e. The predicted molar refractivity (Wildman–Crippen MR) is 85.8 cm³/mol. The molecule has 0 aliphatic heterocycles. The highest BCUT2D eigenvalue weighted by molar-refractivity contribution is 5.92. The number of carbonyl (C=O) groups excluding carboxylic acids is 2. The van der Waals surface area contributed by atoms with Crippen molar-refractivity contribution in [3.8, 4) is 11.1 Å². The smallest absolute Gasteiger partial charge is 0.134 e. The molecule has 2 aromatic rings. The summed E-state index contributed by atoms with van der Waals surface area (Å²) < 4.78 is 0. The predicted octanol–water partition coefficient (Wildman–Crippen LogP) is 4.03. The fourth-order valence-electron chi connectivity index (χ4n) is 4.58. The molecule has 2 aromatic carbocycles. The first-order valence-electron chi connectivity index (χ1n) is 7.82. The number of hydrogen-bond donors (Lipinski definition) is 0. The first kappa shape index (κ1) is 13.4. The molecule has 0 bridgehead atoms. The molecule has 0 amide bonds. The van der Waals surface area contributed by atoms with Crippen molar-refractivity contribution in [2.24, 2.45) is 0 Å². The molecule has 2 aliphatic rings. The lowest BCUT2D eigenvalue weighted by Gasteiger charge is -2.41. The van der Waals surface area contributed by atoms with Crippen molar-refractivity contribution in [3.63, 3.8) is 0 Å². The number of carbonyl (C=O) groups is 2. The van der Waals surface area contributed by atoms with Crippen molar-refractivity contribution in [3.05, 3.63) is 59.7 Å². The Hall–Kier alpha value is -2.22. The van der Waals surface area contributed by atoms with Gasteiger partial charge in [-0.05, 0) is 29.2 Å². The quantitative estimate of drug-likeness (QED) is 0.836. The highest BCUT2D eigenvalue weighted by atomic mass is 16.1. The highest BCUT2D eigenvalue weighted by Crippen LogP contribution is 2.58. The van der Waals surface area contributed by atoms with Crippen LogP contribution in [0.3, 0.4) is 0 Å². The van der Waals surface area contributed by atoms with Crippen LogP contribution in [0.5, 0.6) is 0 Å². The van der Waals surface area contributed by atoms with E-state index in [4.69, 9.17) is 0 Å². The van der Waals surface area contributed by atoms with Crippen molar-refractivity contribution in [1.29, 1.82) is 0 Å². The van der Waals surface area contributed by atoms with E-state index in [0.29, 0.717) is 19.3 Å². The maximum atomic E-state index is 12.3. The molecule has 0 radical (unpaired) electrons. The molecule has 0 aromatic heterocycles. The molecule has 2 atom stereocenters. The van der Waals surface area contributed by atoms with E-state index in [-0.39, 0.29) is 22.9 Å². The summed E-state index contributed by atoms with van der Waals surface area (Å²) in [5.41, 5.74) is 4.48. The molecule has 22 heavy (non-hydrogen) atoms. The van der Waals surface area contributed by atoms with E-state index >= 15 is 0 Å². The molecule has 0 saturated heterocycles. The van der Waals surface area contributed by atoms with Crippen LogP contribution < -0.4 is 0 Å². The van der Waals surface area contributed by atoms with Gasteiger partial charge in [-0.15, -0.1) is 0 Å². The maximum Gasteiger partial charge on any atom is 0.134 e. The van der Waals surface area contributed by atoms with E-state index in [1.54, 1.807) is 6.92 Å². The molecule has 2 heteroatoms. The third kappa shape index (κ3) is 1.73. The molecule has 2 nitrogen and oxygen atoms in total. The second-order valence-electron chi connectivity index (χ2n) is 6.64. The van der Waals surface area contributed by atoms with Gasteiger partial charge in [-0.3, -0.25) is 9.59 Å². The van der Waals surface area contributed by atoms with Gasteiger partial charge in [0, 0.05) is 30.6 Å². The summed E-state index contributed by atoms with van der Waals surface area (Å²) >= 11 is 0. The molecule has 0 spiro atoms. The molecular weight excluding hydrogens is 272 g/mol. The van der Waals surface area contributed by atoms with Crippen LogP contribution in [0.25, 0.3) is 11.1 Å². The van der Waals surface area contributed by atoms with Gasteiger partial charge in [-0.25, -0.2) is 0 Å². The van der Waals surface area contributed by atoms with Gasteiger partial charge in [-0.1, -0.05) is 48.5 Å². The summed E-state index contributed by atoms with van der Waals surface area (Å²) in [7, 11) is 0. The SMILES string of the molecule is CC(=O)C[C@]12CC(=O)CC1c1ccccc1-c1ccccc12. The van der Waals surface area contributed by atoms with Gasteiger partial charge in [-0.2, -0.15) is 0 Å². The zero-order valence-corrected chi connectivity index (χ0v) is 12.6. The average Bonchev–Trinajstić information content (AvgIpc) is 2.84. The average molecular weight is 290 g/mol. The van der Waals surface area contributed by atoms with Crippen molar-refractivity contribution >= 4 is 11.6 Å². The number of rotatable bonds is 2. The topological polar surface area (TPSA) is 34.1 Å². The van der Waals surface area contributed by atoms with Gasteiger partial charge in [0.15, 0.2) is 0 Å². The number of hydrogen-bond acceptors (Lipinski definition) is 2. The van der Waals surface area contributed by atoms with Gasteiger partial charge in [0.05, 0.1) is 0 Å². The van der Waals surface area contributed by atoms with E-state index in [1.165, 1.54) is 22.3 Å². The van der Waals surface area contributed by atoms with Crippen LogP contribution in [0.2, 0.25) is 0 Å². The van der Waals surface area contributed by atoms with E-state index in [0.717, 1.165) is 0 Å². The molecule has 1 saturated carbocycles. The Morgan fingerprint density at radius 2 is 1.77 bits per heavy atom. The first-order valence-corrected chi connectivity index (χ1v) is 7.82. The molecular formula is C20H18O2. The van der Waals surface area contributed by atoms with Gasteiger partial charge in [0.2, 0.25) is 0 Å². The molecule has 2 aliphatic carbocycles. The molecule has 0 heterocycles. The zero-order chi connectivity index (χ0) is 15.3. The Bertz CT molecular complexity index is 790. The van der Waals surface area contributed by atoms with Crippen LogP contribution in [-0.4, -0.2) is 11.6 Å². The summed E-state index contributed by atoms with van der Waals surface area (Å²) in [5, 5.41) is 0. The van der Waals surface area contributed by atoms with Crippen molar-refractivity contribution in [2.45, 2.75) is 37.5 Å². The Balaban J connectivity index is 2.04. The maximum absolute atomic E-state index is 12.3. The van der Waals surface area contributed by atoms with Crippen LogP contribution in [-0.2, 0) is 15.0 Å². The Morgan fingerprint density at radius 3 is 2.55 bits per heavy atom. The normalized spacial score (nSPS) is 25.3. The Kier molecular flexibility index (Phi) is 2.83. The summed E-state index contributed by atoms with van der Waals surface area (Å²) in [6.45, 7) is 1.64. The lowest BCUT2D eigenvalue weighted by atomic mass is 9.61. The molecule has 0 N–H and O–H groups in total. The van der Waals surface area contributed by atoms with Crippen molar-refractivity contribution < 1.29 is 9.59 Å². The number of fused-ring (bicyclic) bond motifs is 6. The fraction of sp³-hybridized carbons (Fsp3) is 0.300. The second kappa shape index (κ2) is 4.64.